The highest BCUT2D eigenvalue weighted by Gasteiger charge is 2.82. The number of rotatable bonds is 5. The van der Waals surface area contributed by atoms with Crippen LogP contribution in [0.5, 0.6) is 0 Å². The fourth-order valence-electron chi connectivity index (χ4n) is 1.65. The van der Waals surface area contributed by atoms with Crippen LogP contribution in [0.3, 0.4) is 0 Å². The maximum atomic E-state index is 13.7. The molecule has 10 heteroatoms. The van der Waals surface area contributed by atoms with Crippen LogP contribution in [0.2, 0.25) is 0 Å². The molecule has 23 heavy (non-hydrogen) atoms. The van der Waals surface area contributed by atoms with Crippen LogP contribution in [0.4, 0.5) is 39.5 Å². The topological polar surface area (TPSA) is 17.1 Å². The molecule has 0 aliphatic rings. The lowest BCUT2D eigenvalue weighted by Crippen LogP contribution is -2.59. The Morgan fingerprint density at radius 3 is 1.87 bits per heavy atom. The summed E-state index contributed by atoms with van der Waals surface area (Å²) in [7, 11) is 0. The van der Waals surface area contributed by atoms with Gasteiger partial charge in [0.2, 0.25) is 0 Å². The molecule has 0 fully saturated rings. The van der Waals surface area contributed by atoms with Gasteiger partial charge in [0.15, 0.2) is 5.78 Å². The summed E-state index contributed by atoms with van der Waals surface area (Å²) in [6, 6.07) is 2.05. The monoisotopic (exact) mass is 352 g/mol. The summed E-state index contributed by atoms with van der Waals surface area (Å²) in [4.78, 5) is 11.3. The molecule has 130 valence electrons. The van der Waals surface area contributed by atoms with Crippen molar-refractivity contribution in [3.8, 4) is 0 Å². The van der Waals surface area contributed by atoms with Gasteiger partial charge in [0.25, 0.3) is 0 Å². The molecule has 0 unspecified atom stereocenters. The van der Waals surface area contributed by atoms with Crippen LogP contribution in [0.25, 0.3) is 0 Å². The van der Waals surface area contributed by atoms with Crippen LogP contribution in [0.15, 0.2) is 24.3 Å². The molecule has 0 saturated heterocycles. The number of carbonyl (C=O) groups is 1. The van der Waals surface area contributed by atoms with E-state index in [9.17, 15) is 44.3 Å². The van der Waals surface area contributed by atoms with E-state index in [0.717, 1.165) is 6.07 Å². The van der Waals surface area contributed by atoms with E-state index in [0.29, 0.717) is 6.07 Å². The lowest BCUT2D eigenvalue weighted by Gasteiger charge is -2.33. The number of carbonyl (C=O) groups excluding carboxylic acids is 1. The minimum Gasteiger partial charge on any atom is -0.294 e. The van der Waals surface area contributed by atoms with Crippen molar-refractivity contribution in [1.29, 1.82) is 0 Å². The SMILES string of the molecule is CCC(=O)c1cccc(C(F)(F)C(F)(F)C(F)(F)C(F)(F)F)c1. The normalized spacial score (nSPS) is 14.0. The van der Waals surface area contributed by atoms with Gasteiger partial charge < -0.3 is 0 Å². The minimum absolute atomic E-state index is 0.173. The third-order valence-electron chi connectivity index (χ3n) is 3.01. The molecule has 0 atom stereocenters. The summed E-state index contributed by atoms with van der Waals surface area (Å²) in [5.74, 6) is -20.3. The predicted octanol–water partition coefficient (Wildman–Crippen LogP) is 5.20. The van der Waals surface area contributed by atoms with E-state index < -0.39 is 40.9 Å². The van der Waals surface area contributed by atoms with Gasteiger partial charge in [0.1, 0.15) is 0 Å². The van der Waals surface area contributed by atoms with Crippen molar-refractivity contribution in [3.05, 3.63) is 35.4 Å². The predicted molar refractivity (Wildman–Crippen MR) is 60.9 cm³/mol. The molecule has 0 aliphatic heterocycles. The Morgan fingerprint density at radius 1 is 0.913 bits per heavy atom. The molecule has 1 nitrogen and oxygen atoms in total. The van der Waals surface area contributed by atoms with Crippen molar-refractivity contribution in [2.75, 3.05) is 0 Å². The number of ketones is 1. The van der Waals surface area contributed by atoms with Crippen LogP contribution >= 0.6 is 0 Å². The van der Waals surface area contributed by atoms with Gasteiger partial charge in [-0.3, -0.25) is 4.79 Å². The van der Waals surface area contributed by atoms with Crippen molar-refractivity contribution < 1.29 is 44.3 Å². The molecule has 0 N–H and O–H groups in total. The van der Waals surface area contributed by atoms with Gasteiger partial charge in [-0.05, 0) is 6.07 Å². The summed E-state index contributed by atoms with van der Waals surface area (Å²) in [6.45, 7) is 1.32. The molecule has 0 heterocycles. The highest BCUT2D eigenvalue weighted by atomic mass is 19.4. The van der Waals surface area contributed by atoms with Crippen LogP contribution in [0, 0.1) is 0 Å². The van der Waals surface area contributed by atoms with Crippen LogP contribution < -0.4 is 0 Å². The Morgan fingerprint density at radius 2 is 1.43 bits per heavy atom. The zero-order valence-electron chi connectivity index (χ0n) is 11.3. The Kier molecular flexibility index (Phi) is 4.80. The molecular weight excluding hydrogens is 343 g/mol. The zero-order chi connectivity index (χ0) is 18.3. The molecule has 0 aromatic heterocycles. The van der Waals surface area contributed by atoms with Crippen LogP contribution in [-0.4, -0.2) is 23.8 Å². The van der Waals surface area contributed by atoms with Gasteiger partial charge >= 0.3 is 23.9 Å². The first-order valence-corrected chi connectivity index (χ1v) is 6.04. The lowest BCUT2D eigenvalue weighted by atomic mass is 9.94. The highest BCUT2D eigenvalue weighted by molar-refractivity contribution is 5.96. The van der Waals surface area contributed by atoms with Gasteiger partial charge in [0, 0.05) is 17.5 Å². The second-order valence-corrected chi connectivity index (χ2v) is 4.58. The number of benzene rings is 1. The summed E-state index contributed by atoms with van der Waals surface area (Å²) in [5, 5.41) is 0. The number of alkyl halides is 9. The van der Waals surface area contributed by atoms with Gasteiger partial charge in [-0.15, -0.1) is 0 Å². The molecule has 0 amide bonds. The summed E-state index contributed by atoms with van der Waals surface area (Å²) in [5.41, 5.74) is -2.32. The fraction of sp³-hybridized carbons (Fsp3) is 0.462. The van der Waals surface area contributed by atoms with Crippen molar-refractivity contribution in [1.82, 2.24) is 0 Å². The van der Waals surface area contributed by atoms with E-state index in [1.165, 1.54) is 6.92 Å². The smallest absolute Gasteiger partial charge is 0.294 e. The van der Waals surface area contributed by atoms with E-state index in [4.69, 9.17) is 0 Å². The van der Waals surface area contributed by atoms with E-state index in [-0.39, 0.29) is 18.6 Å². The number of hydrogen-bond donors (Lipinski definition) is 0. The molecule has 0 bridgehead atoms. The molecule has 1 aromatic rings. The number of halogens is 9. The first-order valence-electron chi connectivity index (χ1n) is 6.04. The van der Waals surface area contributed by atoms with Crippen LogP contribution in [-0.2, 0) is 5.92 Å². The van der Waals surface area contributed by atoms with Crippen molar-refractivity contribution >= 4 is 5.78 Å². The summed E-state index contributed by atoms with van der Waals surface area (Å²) in [6.07, 6.45) is -7.08. The Balaban J connectivity index is 3.43. The van der Waals surface area contributed by atoms with Gasteiger partial charge in [-0.25, -0.2) is 0 Å². The second kappa shape index (κ2) is 5.72. The van der Waals surface area contributed by atoms with Crippen LogP contribution in [0.1, 0.15) is 29.3 Å². The largest absolute Gasteiger partial charge is 0.460 e. The fourth-order valence-corrected chi connectivity index (χ4v) is 1.65. The average molecular weight is 352 g/mol. The first kappa shape index (κ1) is 19.3. The van der Waals surface area contributed by atoms with Crippen molar-refractivity contribution in [2.45, 2.75) is 37.3 Å². The van der Waals surface area contributed by atoms with E-state index in [1.54, 1.807) is 0 Å². The van der Waals surface area contributed by atoms with E-state index in [2.05, 4.69) is 0 Å². The van der Waals surface area contributed by atoms with Gasteiger partial charge in [0.05, 0.1) is 0 Å². The summed E-state index contributed by atoms with van der Waals surface area (Å²) >= 11 is 0. The van der Waals surface area contributed by atoms with Crippen molar-refractivity contribution in [2.24, 2.45) is 0 Å². The third-order valence-corrected chi connectivity index (χ3v) is 3.01. The standard InChI is InChI=1S/C13H9F9O/c1-2-9(23)7-4-3-5-8(6-7)10(14,15)11(16,17)12(18,19)13(20,21)22/h3-6H,2H2,1H3. The maximum Gasteiger partial charge on any atom is 0.460 e. The number of Topliss-reactive ketones (excluding diaryl/α,β-unsaturated/α-hetero) is 1. The zero-order valence-corrected chi connectivity index (χ0v) is 11.3. The van der Waals surface area contributed by atoms with E-state index >= 15 is 0 Å². The molecular formula is C13H9F9O. The molecule has 0 saturated carbocycles. The Bertz CT molecular complexity index is 589. The van der Waals surface area contributed by atoms with E-state index in [1.807, 2.05) is 0 Å². The molecule has 1 rings (SSSR count). The molecule has 1 aromatic carbocycles. The van der Waals surface area contributed by atoms with Gasteiger partial charge in [-0.1, -0.05) is 25.1 Å². The Hall–Kier alpha value is -1.74. The first-order chi connectivity index (χ1) is 10.2. The van der Waals surface area contributed by atoms with Crippen molar-refractivity contribution in [3.63, 3.8) is 0 Å². The minimum atomic E-state index is -6.96. The highest BCUT2D eigenvalue weighted by Crippen LogP contribution is 2.56. The van der Waals surface area contributed by atoms with Gasteiger partial charge in [-0.2, -0.15) is 39.5 Å². The Labute approximate surface area is 124 Å². The molecule has 0 spiro atoms. The lowest BCUT2D eigenvalue weighted by molar-refractivity contribution is -0.399. The number of hydrogen-bond acceptors (Lipinski definition) is 1. The molecule has 0 radical (unpaired) electrons. The maximum absolute atomic E-state index is 13.7. The summed E-state index contributed by atoms with van der Waals surface area (Å²) < 4.78 is 116. The average Bonchev–Trinajstić information content (AvgIpc) is 2.44. The second-order valence-electron chi connectivity index (χ2n) is 4.58. The molecule has 0 aliphatic carbocycles. The quantitative estimate of drug-likeness (QED) is 0.526. The third kappa shape index (κ3) is 3.02.